The van der Waals surface area contributed by atoms with Gasteiger partial charge in [-0.25, -0.2) is 5.43 Å². The molecule has 25 heavy (non-hydrogen) atoms. The second-order valence-electron chi connectivity index (χ2n) is 6.83. The number of hydrazone groups is 1. The third kappa shape index (κ3) is 7.20. The molecule has 1 aliphatic heterocycles. The Bertz CT molecular complexity index is 630. The minimum absolute atomic E-state index is 0. The Morgan fingerprint density at radius 1 is 1.40 bits per heavy atom. The zero-order valence-electron chi connectivity index (χ0n) is 14.6. The lowest BCUT2D eigenvalue weighted by Crippen LogP contribution is -2.42. The van der Waals surface area contributed by atoms with Crippen LogP contribution < -0.4 is 15.5 Å². The van der Waals surface area contributed by atoms with Gasteiger partial charge in [-0.2, -0.15) is 5.10 Å². The van der Waals surface area contributed by atoms with E-state index in [0.717, 1.165) is 11.3 Å². The summed E-state index contributed by atoms with van der Waals surface area (Å²) in [5.74, 6) is 0.429. The minimum atomic E-state index is -0.627. The third-order valence-corrected chi connectivity index (χ3v) is 3.76. The Morgan fingerprint density at radius 2 is 2.12 bits per heavy atom. The van der Waals surface area contributed by atoms with Crippen LogP contribution in [0.5, 0.6) is 5.75 Å². The molecule has 3 N–H and O–H groups in total. The van der Waals surface area contributed by atoms with Crippen molar-refractivity contribution in [1.29, 1.82) is 0 Å². The lowest BCUT2D eigenvalue weighted by Gasteiger charge is -2.23. The third-order valence-electron chi connectivity index (χ3n) is 3.47. The fourth-order valence-corrected chi connectivity index (χ4v) is 2.38. The first-order valence-corrected chi connectivity index (χ1v) is 8.33. The van der Waals surface area contributed by atoms with Crippen LogP contribution in [-0.2, 0) is 4.79 Å². The summed E-state index contributed by atoms with van der Waals surface area (Å²) in [5.41, 5.74) is 4.05. The zero-order valence-corrected chi connectivity index (χ0v) is 16.2. The Hall–Kier alpha value is -1.34. The molecule has 1 heterocycles. The standard InChI is InChI=1S/C17H24ClN3O3.ClH/c1-17(2,3)19-9-12(22)10-24-15-6-4-11(8-13(15)18)14-5-7-16(23)21-20-14;/h4,6,8,12,19,22H,5,7,9-10H2,1-3H3,(H,21,23);1H. The van der Waals surface area contributed by atoms with Gasteiger partial charge in [0.2, 0.25) is 5.91 Å². The van der Waals surface area contributed by atoms with Gasteiger partial charge in [0, 0.05) is 24.9 Å². The first kappa shape index (κ1) is 21.7. The Labute approximate surface area is 159 Å². The summed E-state index contributed by atoms with van der Waals surface area (Å²) in [6, 6.07) is 5.35. The van der Waals surface area contributed by atoms with E-state index in [0.29, 0.717) is 30.2 Å². The molecule has 0 aromatic heterocycles. The number of carbonyl (C=O) groups excluding carboxylic acids is 1. The SMILES string of the molecule is CC(C)(C)NCC(O)COc1ccc(C2=NNC(=O)CC2)cc1Cl.Cl. The van der Waals surface area contributed by atoms with E-state index < -0.39 is 6.10 Å². The maximum Gasteiger partial charge on any atom is 0.240 e. The number of aliphatic hydroxyl groups excluding tert-OH is 1. The van der Waals surface area contributed by atoms with Gasteiger partial charge >= 0.3 is 0 Å². The van der Waals surface area contributed by atoms with Crippen LogP contribution in [0.3, 0.4) is 0 Å². The number of nitrogens with one attached hydrogen (secondary N) is 2. The van der Waals surface area contributed by atoms with Crippen LogP contribution in [0.1, 0.15) is 39.2 Å². The average Bonchev–Trinajstić information content (AvgIpc) is 2.52. The number of aliphatic hydroxyl groups is 1. The van der Waals surface area contributed by atoms with Crippen LogP contribution in [0.15, 0.2) is 23.3 Å². The van der Waals surface area contributed by atoms with E-state index in [9.17, 15) is 9.90 Å². The fourth-order valence-electron chi connectivity index (χ4n) is 2.15. The van der Waals surface area contributed by atoms with Crippen molar-refractivity contribution in [3.8, 4) is 5.75 Å². The number of carbonyl (C=O) groups is 1. The Kier molecular flexibility index (Phi) is 8.15. The first-order valence-electron chi connectivity index (χ1n) is 7.96. The lowest BCUT2D eigenvalue weighted by atomic mass is 10.0. The molecule has 1 unspecified atom stereocenters. The second-order valence-corrected chi connectivity index (χ2v) is 7.24. The van der Waals surface area contributed by atoms with Crippen LogP contribution in [-0.4, -0.2) is 41.5 Å². The van der Waals surface area contributed by atoms with Crippen molar-refractivity contribution < 1.29 is 14.6 Å². The lowest BCUT2D eigenvalue weighted by molar-refractivity contribution is -0.121. The van der Waals surface area contributed by atoms with E-state index >= 15 is 0 Å². The number of halogens is 2. The molecule has 0 radical (unpaired) electrons. The van der Waals surface area contributed by atoms with E-state index in [1.54, 1.807) is 12.1 Å². The summed E-state index contributed by atoms with van der Waals surface area (Å²) in [6.07, 6.45) is 0.374. The quantitative estimate of drug-likeness (QED) is 0.697. The first-order chi connectivity index (χ1) is 11.2. The predicted molar refractivity (Wildman–Crippen MR) is 102 cm³/mol. The number of amides is 1. The highest BCUT2D eigenvalue weighted by Gasteiger charge is 2.16. The molecular weight excluding hydrogens is 365 g/mol. The summed E-state index contributed by atoms with van der Waals surface area (Å²) >= 11 is 6.25. The predicted octanol–water partition coefficient (Wildman–Crippen LogP) is 2.50. The van der Waals surface area contributed by atoms with Gasteiger partial charge in [-0.3, -0.25) is 4.79 Å². The molecule has 1 aromatic rings. The number of rotatable bonds is 6. The topological polar surface area (TPSA) is 82.9 Å². The van der Waals surface area contributed by atoms with Crippen LogP contribution in [0.2, 0.25) is 5.02 Å². The summed E-state index contributed by atoms with van der Waals surface area (Å²) in [6.45, 7) is 6.70. The monoisotopic (exact) mass is 389 g/mol. The van der Waals surface area contributed by atoms with Crippen molar-refractivity contribution in [2.75, 3.05) is 13.2 Å². The summed E-state index contributed by atoms with van der Waals surface area (Å²) in [5, 5.41) is 17.7. The average molecular weight is 390 g/mol. The molecule has 1 amide bonds. The molecule has 140 valence electrons. The van der Waals surface area contributed by atoms with E-state index in [1.165, 1.54) is 0 Å². The highest BCUT2D eigenvalue weighted by molar-refractivity contribution is 6.32. The molecule has 2 rings (SSSR count). The number of hydrogen-bond donors (Lipinski definition) is 3. The van der Waals surface area contributed by atoms with Crippen molar-refractivity contribution in [1.82, 2.24) is 10.7 Å². The largest absolute Gasteiger partial charge is 0.489 e. The zero-order chi connectivity index (χ0) is 17.7. The molecule has 0 bridgehead atoms. The number of benzene rings is 1. The van der Waals surface area contributed by atoms with Gasteiger partial charge in [-0.1, -0.05) is 11.6 Å². The molecule has 1 atom stereocenters. The normalized spacial score (nSPS) is 15.7. The molecular formula is C17H25Cl2N3O3. The van der Waals surface area contributed by atoms with Gasteiger partial charge in [-0.15, -0.1) is 12.4 Å². The van der Waals surface area contributed by atoms with Crippen LogP contribution in [0.25, 0.3) is 0 Å². The van der Waals surface area contributed by atoms with Gasteiger partial charge in [0.25, 0.3) is 0 Å². The molecule has 1 aliphatic rings. The highest BCUT2D eigenvalue weighted by Crippen LogP contribution is 2.26. The Morgan fingerprint density at radius 3 is 2.68 bits per heavy atom. The van der Waals surface area contributed by atoms with E-state index in [4.69, 9.17) is 16.3 Å². The maximum absolute atomic E-state index is 11.1. The number of ether oxygens (including phenoxy) is 1. The molecule has 0 saturated carbocycles. The van der Waals surface area contributed by atoms with Crippen LogP contribution in [0, 0.1) is 0 Å². The molecule has 0 saturated heterocycles. The van der Waals surface area contributed by atoms with E-state index in [1.807, 2.05) is 26.8 Å². The van der Waals surface area contributed by atoms with Crippen molar-refractivity contribution >= 4 is 35.6 Å². The van der Waals surface area contributed by atoms with Gasteiger partial charge in [-0.05, 0) is 44.5 Å². The minimum Gasteiger partial charge on any atom is -0.489 e. The molecule has 8 heteroatoms. The van der Waals surface area contributed by atoms with E-state index in [2.05, 4.69) is 15.8 Å². The van der Waals surface area contributed by atoms with Crippen molar-refractivity contribution in [3.63, 3.8) is 0 Å². The van der Waals surface area contributed by atoms with Crippen LogP contribution in [0.4, 0.5) is 0 Å². The number of nitrogens with zero attached hydrogens (tertiary/aromatic N) is 1. The van der Waals surface area contributed by atoms with Gasteiger partial charge in [0.1, 0.15) is 18.5 Å². The van der Waals surface area contributed by atoms with Gasteiger partial charge in [0.05, 0.1) is 10.7 Å². The molecule has 0 aliphatic carbocycles. The van der Waals surface area contributed by atoms with E-state index in [-0.39, 0.29) is 30.5 Å². The fraction of sp³-hybridized carbons (Fsp3) is 0.529. The Balaban J connectivity index is 0.00000312. The van der Waals surface area contributed by atoms with Crippen molar-refractivity contribution in [2.45, 2.75) is 45.3 Å². The smallest absolute Gasteiger partial charge is 0.240 e. The molecule has 0 fully saturated rings. The summed E-state index contributed by atoms with van der Waals surface area (Å²) < 4.78 is 5.59. The molecule has 1 aromatic carbocycles. The molecule has 6 nitrogen and oxygen atoms in total. The summed E-state index contributed by atoms with van der Waals surface area (Å²) in [4.78, 5) is 11.1. The highest BCUT2D eigenvalue weighted by atomic mass is 35.5. The van der Waals surface area contributed by atoms with Crippen molar-refractivity contribution in [2.24, 2.45) is 5.10 Å². The number of β-amino-alcohol motifs (C(OH)–C–C–N with tert-alkyl or cyclic N) is 1. The van der Waals surface area contributed by atoms with Crippen molar-refractivity contribution in [3.05, 3.63) is 28.8 Å². The van der Waals surface area contributed by atoms with Gasteiger partial charge in [0.15, 0.2) is 0 Å². The maximum atomic E-state index is 11.1. The second kappa shape index (κ2) is 9.38. The number of hydrogen-bond acceptors (Lipinski definition) is 5. The summed E-state index contributed by atoms with van der Waals surface area (Å²) in [7, 11) is 0. The van der Waals surface area contributed by atoms with Crippen LogP contribution >= 0.6 is 24.0 Å². The molecule has 0 spiro atoms. The van der Waals surface area contributed by atoms with Gasteiger partial charge < -0.3 is 15.2 Å².